The van der Waals surface area contributed by atoms with E-state index in [0.29, 0.717) is 0 Å². The Labute approximate surface area is 55.3 Å². The number of aromatic nitrogens is 2. The maximum Gasteiger partial charge on any atom is 0.316 e. The molecule has 7 heteroatoms. The van der Waals surface area contributed by atoms with Crippen molar-refractivity contribution in [3.8, 4) is 0 Å². The van der Waals surface area contributed by atoms with Crippen molar-refractivity contribution in [3.63, 3.8) is 0 Å². The van der Waals surface area contributed by atoms with Gasteiger partial charge in [0.05, 0.1) is 5.16 Å². The molecule has 0 aromatic carbocycles. The molecule has 0 aliphatic heterocycles. The van der Waals surface area contributed by atoms with E-state index in [0.717, 1.165) is 0 Å². The molecule has 0 amide bonds. The number of nitrogen functional groups attached to an aromatic ring is 2. The van der Waals surface area contributed by atoms with Crippen molar-refractivity contribution in [2.24, 2.45) is 5.73 Å². The lowest BCUT2D eigenvalue weighted by molar-refractivity contribution is -0.803. The molecule has 5 N–H and O–H groups in total. The van der Waals surface area contributed by atoms with Crippen molar-refractivity contribution in [3.05, 3.63) is 10.9 Å². The molecule has 0 saturated carbocycles. The van der Waals surface area contributed by atoms with Crippen LogP contribution in [0.4, 0.5) is 5.82 Å². The smallest absolute Gasteiger partial charge is 0.316 e. The lowest BCUT2D eigenvalue weighted by atomic mass is 10.4. The molecule has 0 aliphatic rings. The van der Waals surface area contributed by atoms with Crippen LogP contribution in [0.5, 0.6) is 0 Å². The van der Waals surface area contributed by atoms with Crippen molar-refractivity contribution in [1.82, 2.24) is 5.16 Å². The summed E-state index contributed by atoms with van der Waals surface area (Å²) in [5, 5.41) is 20.3. The van der Waals surface area contributed by atoms with Gasteiger partial charge in [-0.1, -0.05) is 0 Å². The summed E-state index contributed by atoms with van der Waals surface area (Å²) in [7, 11) is 0. The first-order chi connectivity index (χ1) is 4.63. The van der Waals surface area contributed by atoms with E-state index in [-0.39, 0.29) is 16.4 Å². The number of anilines is 1. The van der Waals surface area contributed by atoms with Crippen molar-refractivity contribution in [2.45, 2.75) is 0 Å². The van der Waals surface area contributed by atoms with Crippen LogP contribution in [0.2, 0.25) is 0 Å². The second-order valence-corrected chi connectivity index (χ2v) is 1.58. The first-order valence-electron chi connectivity index (χ1n) is 2.32. The van der Waals surface area contributed by atoms with Gasteiger partial charge in [-0.15, -0.1) is 0 Å². The lowest BCUT2D eigenvalue weighted by Crippen LogP contribution is -2.34. The van der Waals surface area contributed by atoms with Crippen LogP contribution in [0, 0.1) is 10.6 Å². The van der Waals surface area contributed by atoms with Crippen LogP contribution in [-0.2, 0) is 0 Å². The van der Waals surface area contributed by atoms with Gasteiger partial charge < -0.3 is 16.7 Å². The number of hydrogen-bond donors (Lipinski definition) is 3. The molecule has 0 radical (unpaired) electrons. The highest BCUT2D eigenvalue weighted by molar-refractivity contribution is 5.95. The van der Waals surface area contributed by atoms with Gasteiger partial charge in [-0.05, 0) is 4.90 Å². The molecule has 54 valence electrons. The van der Waals surface area contributed by atoms with Crippen molar-refractivity contribution in [1.29, 1.82) is 5.41 Å². The van der Waals surface area contributed by atoms with Crippen molar-refractivity contribution >= 4 is 11.7 Å². The van der Waals surface area contributed by atoms with E-state index < -0.39 is 5.84 Å². The lowest BCUT2D eigenvalue weighted by Gasteiger charge is -1.89. The summed E-state index contributed by atoms with van der Waals surface area (Å²) in [5.41, 5.74) is 9.79. The Morgan fingerprint density at radius 2 is 2.40 bits per heavy atom. The number of nitrogens with zero attached hydrogens (tertiary/aromatic N) is 2. The van der Waals surface area contributed by atoms with E-state index in [1.165, 1.54) is 0 Å². The Bertz CT molecular complexity index is 246. The Morgan fingerprint density at radius 3 is 2.60 bits per heavy atom. The number of nitrogens with one attached hydrogen (secondary N) is 1. The molecule has 0 atom stereocenters. The van der Waals surface area contributed by atoms with Gasteiger partial charge in [-0.2, -0.15) is 0 Å². The van der Waals surface area contributed by atoms with E-state index in [4.69, 9.17) is 16.9 Å². The molecular weight excluding hydrogens is 138 g/mol. The SMILES string of the molecule is N=C(N)c1c(N)no[n+]1[O-]. The first kappa shape index (κ1) is 6.33. The minimum Gasteiger partial charge on any atom is -0.380 e. The van der Waals surface area contributed by atoms with Crippen LogP contribution in [0.25, 0.3) is 0 Å². The van der Waals surface area contributed by atoms with Gasteiger partial charge >= 0.3 is 5.82 Å². The predicted molar refractivity (Wildman–Crippen MR) is 30.9 cm³/mol. The van der Waals surface area contributed by atoms with E-state index in [1.54, 1.807) is 0 Å². The van der Waals surface area contributed by atoms with Crippen LogP contribution >= 0.6 is 0 Å². The molecule has 1 rings (SSSR count). The summed E-state index contributed by atoms with van der Waals surface area (Å²) >= 11 is 0. The average Bonchev–Trinajstić information content (AvgIpc) is 2.11. The molecule has 0 aliphatic carbocycles. The molecule has 1 heterocycles. The van der Waals surface area contributed by atoms with Crippen LogP contribution in [0.3, 0.4) is 0 Å². The van der Waals surface area contributed by atoms with E-state index in [1.807, 2.05) is 0 Å². The van der Waals surface area contributed by atoms with E-state index in [2.05, 4.69) is 9.79 Å². The van der Waals surface area contributed by atoms with Crippen LogP contribution < -0.4 is 16.4 Å². The fourth-order valence-electron chi connectivity index (χ4n) is 0.495. The Morgan fingerprint density at radius 1 is 1.80 bits per heavy atom. The van der Waals surface area contributed by atoms with Gasteiger partial charge in [0.25, 0.3) is 5.69 Å². The zero-order valence-electron chi connectivity index (χ0n) is 4.87. The Hall–Kier alpha value is -1.79. The topological polar surface area (TPSA) is 129 Å². The molecule has 7 nitrogen and oxygen atoms in total. The number of nitrogens with two attached hydrogens (primary N) is 2. The maximum atomic E-state index is 10.5. The Balaban J connectivity index is 3.23. The molecule has 0 spiro atoms. The molecule has 10 heavy (non-hydrogen) atoms. The second-order valence-electron chi connectivity index (χ2n) is 1.58. The summed E-state index contributed by atoms with van der Waals surface area (Å²) in [6.45, 7) is 0. The van der Waals surface area contributed by atoms with Gasteiger partial charge in [0, 0.05) is 0 Å². The minimum atomic E-state index is -0.464. The molecule has 0 bridgehead atoms. The highest BCUT2D eigenvalue weighted by Gasteiger charge is 2.17. The van der Waals surface area contributed by atoms with Gasteiger partial charge in [0.1, 0.15) is 0 Å². The second kappa shape index (κ2) is 1.87. The number of rotatable bonds is 1. The van der Waals surface area contributed by atoms with E-state index >= 15 is 0 Å². The zero-order chi connectivity index (χ0) is 7.72. The monoisotopic (exact) mass is 143 g/mol. The average molecular weight is 143 g/mol. The predicted octanol–water partition coefficient (Wildman–Crippen LogP) is -1.83. The maximum absolute atomic E-state index is 10.5. The standard InChI is InChI=1S/C3H5N5O2/c4-2(5)1-3(6)7-10-8(1)9/h(H3,4,5)(H2,6,7). The molecule has 0 unspecified atom stereocenters. The van der Waals surface area contributed by atoms with Gasteiger partial charge in [-0.3, -0.25) is 10.0 Å². The quantitative estimate of drug-likeness (QED) is 0.242. The third-order valence-electron chi connectivity index (χ3n) is 0.894. The third kappa shape index (κ3) is 0.729. The summed E-state index contributed by atoms with van der Waals surface area (Å²) < 4.78 is 4.02. The molecular formula is C3H5N5O2. The summed E-state index contributed by atoms with van der Waals surface area (Å²) in [6, 6.07) is 0. The van der Waals surface area contributed by atoms with Gasteiger partial charge in [-0.25, -0.2) is 0 Å². The largest absolute Gasteiger partial charge is 0.380 e. The number of amidine groups is 1. The molecule has 1 aromatic rings. The summed E-state index contributed by atoms with van der Waals surface area (Å²) in [4.78, 5) is -0.0162. The summed E-state index contributed by atoms with van der Waals surface area (Å²) in [5.74, 6) is -0.642. The fourth-order valence-corrected chi connectivity index (χ4v) is 0.495. The molecule has 1 aromatic heterocycles. The molecule has 0 saturated heterocycles. The van der Waals surface area contributed by atoms with Gasteiger partial charge in [0.15, 0.2) is 5.84 Å². The third-order valence-corrected chi connectivity index (χ3v) is 0.894. The fraction of sp³-hybridized carbons (Fsp3) is 0. The summed E-state index contributed by atoms with van der Waals surface area (Å²) in [6.07, 6.45) is 0. The molecule has 0 fully saturated rings. The van der Waals surface area contributed by atoms with Crippen molar-refractivity contribution < 1.29 is 9.53 Å². The normalized spacial score (nSPS) is 9.60. The van der Waals surface area contributed by atoms with Gasteiger partial charge in [0.2, 0.25) is 0 Å². The van der Waals surface area contributed by atoms with Crippen LogP contribution in [0.1, 0.15) is 5.69 Å². The minimum absolute atomic E-state index is 0.0162. The van der Waals surface area contributed by atoms with Crippen LogP contribution in [-0.4, -0.2) is 11.0 Å². The Kier molecular flexibility index (Phi) is 1.18. The highest BCUT2D eigenvalue weighted by Crippen LogP contribution is 1.98. The number of hydrogen-bond acceptors (Lipinski definition) is 5. The highest BCUT2D eigenvalue weighted by atomic mass is 16.8. The van der Waals surface area contributed by atoms with E-state index in [9.17, 15) is 5.21 Å². The van der Waals surface area contributed by atoms with Crippen molar-refractivity contribution in [2.75, 3.05) is 5.73 Å². The van der Waals surface area contributed by atoms with Crippen LogP contribution in [0.15, 0.2) is 4.63 Å². The first-order valence-corrected chi connectivity index (χ1v) is 2.32. The zero-order valence-corrected chi connectivity index (χ0v) is 4.87.